The average Bonchev–Trinajstić information content (AvgIpc) is 2.46. The molecule has 0 fully saturated rings. The second-order valence-electron chi connectivity index (χ2n) is 3.99. The fraction of sp³-hybridized carbons (Fsp3) is 0. The van der Waals surface area contributed by atoms with E-state index in [0.29, 0.717) is 10.6 Å². The summed E-state index contributed by atoms with van der Waals surface area (Å²) in [6.45, 7) is 0. The Morgan fingerprint density at radius 3 is 2.45 bits per heavy atom. The number of nitrogens with zero attached hydrogens (tertiary/aromatic N) is 1. The Morgan fingerprint density at radius 2 is 1.75 bits per heavy atom. The Balaban J connectivity index is 2.30. The van der Waals surface area contributed by atoms with Gasteiger partial charge in [0.2, 0.25) is 0 Å². The minimum Gasteiger partial charge on any atom is -0.289 e. The van der Waals surface area contributed by atoms with Crippen molar-refractivity contribution >= 4 is 29.1 Å². The number of nitro groups is 1. The summed E-state index contributed by atoms with van der Waals surface area (Å²) in [6, 6.07) is 12.9. The molecule has 0 heterocycles. The van der Waals surface area contributed by atoms with Crippen LogP contribution in [0.3, 0.4) is 0 Å². The van der Waals surface area contributed by atoms with Gasteiger partial charge >= 0.3 is 0 Å². The van der Waals surface area contributed by atoms with Crippen LogP contribution in [0.15, 0.2) is 54.6 Å². The highest BCUT2D eigenvalue weighted by atomic mass is 35.5. The summed E-state index contributed by atoms with van der Waals surface area (Å²) in [6.07, 6.45) is 2.82. The first-order chi connectivity index (χ1) is 9.59. The number of allylic oxidation sites excluding steroid dienone is 1. The molecule has 0 unspecified atom stereocenters. The van der Waals surface area contributed by atoms with Crippen LogP contribution in [-0.4, -0.2) is 10.7 Å². The van der Waals surface area contributed by atoms with E-state index < -0.39 is 10.7 Å². The third kappa shape index (κ3) is 3.10. The van der Waals surface area contributed by atoms with Crippen molar-refractivity contribution in [2.75, 3.05) is 0 Å². The summed E-state index contributed by atoms with van der Waals surface area (Å²) >= 11 is 5.96. The minimum absolute atomic E-state index is 0.0563. The molecule has 0 saturated carbocycles. The highest BCUT2D eigenvalue weighted by molar-refractivity contribution is 6.32. The van der Waals surface area contributed by atoms with Crippen LogP contribution >= 0.6 is 11.6 Å². The fourth-order valence-corrected chi connectivity index (χ4v) is 1.91. The Bertz CT molecular complexity index is 695. The highest BCUT2D eigenvalue weighted by Gasteiger charge is 2.16. The van der Waals surface area contributed by atoms with E-state index in [9.17, 15) is 14.9 Å². The summed E-state index contributed by atoms with van der Waals surface area (Å²) in [7, 11) is 0. The minimum atomic E-state index is -0.573. The van der Waals surface area contributed by atoms with Crippen LogP contribution < -0.4 is 0 Å². The summed E-state index contributed by atoms with van der Waals surface area (Å²) in [5, 5.41) is 11.4. The molecule has 0 aliphatic carbocycles. The van der Waals surface area contributed by atoms with Gasteiger partial charge in [-0.15, -0.1) is 0 Å². The van der Waals surface area contributed by atoms with Crippen LogP contribution in [0.1, 0.15) is 15.9 Å². The zero-order valence-electron chi connectivity index (χ0n) is 10.3. The summed E-state index contributed by atoms with van der Waals surface area (Å²) in [5.41, 5.74) is 0.531. The molecular formula is C15H10ClNO3. The van der Waals surface area contributed by atoms with Crippen molar-refractivity contribution in [3.8, 4) is 0 Å². The van der Waals surface area contributed by atoms with Gasteiger partial charge < -0.3 is 0 Å². The SMILES string of the molecule is O=C(/C=C/c1ccccc1Cl)c1ccccc1[N+](=O)[O-]. The molecule has 4 nitrogen and oxygen atoms in total. The Kier molecular flexibility index (Phi) is 4.27. The number of hydrogen-bond acceptors (Lipinski definition) is 3. The predicted octanol–water partition coefficient (Wildman–Crippen LogP) is 4.14. The number of ketones is 1. The number of rotatable bonds is 4. The molecule has 100 valence electrons. The van der Waals surface area contributed by atoms with Crippen molar-refractivity contribution in [3.63, 3.8) is 0 Å². The van der Waals surface area contributed by atoms with Gasteiger partial charge in [-0.05, 0) is 29.8 Å². The fourth-order valence-electron chi connectivity index (χ4n) is 1.71. The van der Waals surface area contributed by atoms with Crippen molar-refractivity contribution in [3.05, 3.63) is 80.9 Å². The first kappa shape index (κ1) is 14.0. The van der Waals surface area contributed by atoms with Gasteiger partial charge in [0, 0.05) is 11.1 Å². The van der Waals surface area contributed by atoms with Crippen molar-refractivity contribution in [2.45, 2.75) is 0 Å². The average molecular weight is 288 g/mol. The first-order valence-electron chi connectivity index (χ1n) is 5.80. The van der Waals surface area contributed by atoms with Gasteiger partial charge in [-0.25, -0.2) is 0 Å². The van der Waals surface area contributed by atoms with Crippen LogP contribution in [0.5, 0.6) is 0 Å². The normalized spacial score (nSPS) is 10.7. The topological polar surface area (TPSA) is 60.2 Å². The van der Waals surface area contributed by atoms with Crippen LogP contribution in [0.2, 0.25) is 5.02 Å². The van der Waals surface area contributed by atoms with Gasteiger partial charge in [0.15, 0.2) is 5.78 Å². The first-order valence-corrected chi connectivity index (χ1v) is 6.18. The Labute approximate surface area is 120 Å². The van der Waals surface area contributed by atoms with E-state index in [1.165, 1.54) is 24.3 Å². The Morgan fingerprint density at radius 1 is 1.10 bits per heavy atom. The predicted molar refractivity (Wildman–Crippen MR) is 77.9 cm³/mol. The van der Waals surface area contributed by atoms with E-state index in [4.69, 9.17) is 11.6 Å². The monoisotopic (exact) mass is 287 g/mol. The number of halogens is 1. The maximum absolute atomic E-state index is 12.0. The standard InChI is InChI=1S/C15H10ClNO3/c16-13-7-3-1-5-11(13)9-10-15(18)12-6-2-4-8-14(12)17(19)20/h1-10H/b10-9+. The molecule has 0 aromatic heterocycles. The molecule has 2 aromatic rings. The van der Waals surface area contributed by atoms with Crippen LogP contribution in [0.25, 0.3) is 6.08 Å². The lowest BCUT2D eigenvalue weighted by Gasteiger charge is -1.99. The quantitative estimate of drug-likeness (QED) is 0.367. The van der Waals surface area contributed by atoms with Crippen molar-refractivity contribution in [1.82, 2.24) is 0 Å². The van der Waals surface area contributed by atoms with Crippen molar-refractivity contribution in [2.24, 2.45) is 0 Å². The van der Waals surface area contributed by atoms with Gasteiger partial charge in [0.25, 0.3) is 5.69 Å². The zero-order chi connectivity index (χ0) is 14.5. The molecule has 0 saturated heterocycles. The van der Waals surface area contributed by atoms with Gasteiger partial charge in [-0.2, -0.15) is 0 Å². The van der Waals surface area contributed by atoms with Crippen LogP contribution in [0, 0.1) is 10.1 Å². The molecule has 0 aliphatic heterocycles. The molecule has 0 aliphatic rings. The maximum atomic E-state index is 12.0. The Hall–Kier alpha value is -2.46. The van der Waals surface area contributed by atoms with E-state index in [-0.39, 0.29) is 11.3 Å². The second-order valence-corrected chi connectivity index (χ2v) is 4.40. The number of nitro benzene ring substituents is 1. The molecule has 0 atom stereocenters. The molecule has 2 rings (SSSR count). The van der Waals surface area contributed by atoms with E-state index >= 15 is 0 Å². The largest absolute Gasteiger partial charge is 0.289 e. The van der Waals surface area contributed by atoms with E-state index in [0.717, 1.165) is 0 Å². The molecule has 2 aromatic carbocycles. The molecule has 0 radical (unpaired) electrons. The van der Waals surface area contributed by atoms with Gasteiger partial charge in [-0.1, -0.05) is 41.9 Å². The van der Waals surface area contributed by atoms with Gasteiger partial charge in [0.1, 0.15) is 0 Å². The number of hydrogen-bond donors (Lipinski definition) is 0. The third-order valence-electron chi connectivity index (χ3n) is 2.69. The summed E-state index contributed by atoms with van der Waals surface area (Å²) in [5.74, 6) is -0.433. The molecule has 0 N–H and O–H groups in total. The van der Waals surface area contributed by atoms with Crippen LogP contribution in [-0.2, 0) is 0 Å². The van der Waals surface area contributed by atoms with E-state index in [1.807, 2.05) is 0 Å². The lowest BCUT2D eigenvalue weighted by atomic mass is 10.1. The second kappa shape index (κ2) is 6.12. The number of benzene rings is 2. The van der Waals surface area contributed by atoms with Crippen molar-refractivity contribution < 1.29 is 9.72 Å². The third-order valence-corrected chi connectivity index (χ3v) is 3.03. The van der Waals surface area contributed by atoms with Crippen molar-refractivity contribution in [1.29, 1.82) is 0 Å². The lowest BCUT2D eigenvalue weighted by molar-refractivity contribution is -0.385. The van der Waals surface area contributed by atoms with Gasteiger partial charge in [-0.3, -0.25) is 14.9 Å². The molecule has 5 heteroatoms. The summed E-state index contributed by atoms with van der Waals surface area (Å²) < 4.78 is 0. The zero-order valence-corrected chi connectivity index (χ0v) is 11.1. The van der Waals surface area contributed by atoms with E-state index in [2.05, 4.69) is 0 Å². The number of carbonyl (C=O) groups excluding carboxylic acids is 1. The molecule has 0 bridgehead atoms. The number of para-hydroxylation sites is 1. The smallest absolute Gasteiger partial charge is 0.280 e. The van der Waals surface area contributed by atoms with Gasteiger partial charge in [0.05, 0.1) is 10.5 Å². The molecule has 0 amide bonds. The highest BCUT2D eigenvalue weighted by Crippen LogP contribution is 2.20. The number of carbonyl (C=O) groups is 1. The van der Waals surface area contributed by atoms with Crippen LogP contribution in [0.4, 0.5) is 5.69 Å². The maximum Gasteiger partial charge on any atom is 0.280 e. The molecular weight excluding hydrogens is 278 g/mol. The lowest BCUT2D eigenvalue weighted by Crippen LogP contribution is -2.00. The molecule has 20 heavy (non-hydrogen) atoms. The summed E-state index contributed by atoms with van der Waals surface area (Å²) in [4.78, 5) is 22.3. The molecule has 0 spiro atoms. The van der Waals surface area contributed by atoms with E-state index in [1.54, 1.807) is 36.4 Å².